The van der Waals surface area contributed by atoms with Gasteiger partial charge in [0.25, 0.3) is 11.8 Å². The molecule has 2 rings (SSSR count). The van der Waals surface area contributed by atoms with Crippen LogP contribution in [0, 0.1) is 0 Å². The largest absolute Gasteiger partial charge is 0.489 e. The standard InChI is InChI=1S/C22H28N2O3/c1-4-5-8-14-23-21(25)17-10-9-11-18(15-17)22(26)24-19-12-6-7-13-20(19)27-16(2)3/h6-7,9-13,15-16H,4-5,8,14H2,1-3H3,(H,23,25)(H,24,26). The molecule has 5 nitrogen and oxygen atoms in total. The SMILES string of the molecule is CCCCCNC(=O)c1cccc(C(=O)Nc2ccccc2OC(C)C)c1. The second-order valence-corrected chi connectivity index (χ2v) is 6.66. The molecule has 0 radical (unpaired) electrons. The lowest BCUT2D eigenvalue weighted by Crippen LogP contribution is -2.25. The molecule has 0 aromatic heterocycles. The maximum Gasteiger partial charge on any atom is 0.255 e. The Morgan fingerprint density at radius 3 is 2.37 bits per heavy atom. The summed E-state index contributed by atoms with van der Waals surface area (Å²) in [5.74, 6) is 0.172. The number of carbonyl (C=O) groups excluding carboxylic acids is 2. The molecular weight excluding hydrogens is 340 g/mol. The Morgan fingerprint density at radius 1 is 0.963 bits per heavy atom. The van der Waals surface area contributed by atoms with E-state index in [4.69, 9.17) is 4.74 Å². The molecule has 0 aliphatic heterocycles. The first kappa shape index (κ1) is 20.5. The molecule has 5 heteroatoms. The summed E-state index contributed by atoms with van der Waals surface area (Å²) in [6.45, 7) is 6.62. The molecule has 2 aromatic rings. The van der Waals surface area contributed by atoms with Crippen molar-refractivity contribution in [2.45, 2.75) is 46.1 Å². The lowest BCUT2D eigenvalue weighted by Gasteiger charge is -2.15. The van der Waals surface area contributed by atoms with Gasteiger partial charge in [0.15, 0.2) is 0 Å². The number of hydrogen-bond donors (Lipinski definition) is 2. The molecule has 2 amide bonds. The summed E-state index contributed by atoms with van der Waals surface area (Å²) in [5.41, 5.74) is 1.51. The van der Waals surface area contributed by atoms with Gasteiger partial charge in [0, 0.05) is 17.7 Å². The Kier molecular flexibility index (Phi) is 7.86. The second-order valence-electron chi connectivity index (χ2n) is 6.66. The molecule has 27 heavy (non-hydrogen) atoms. The molecule has 0 atom stereocenters. The van der Waals surface area contributed by atoms with Crippen LogP contribution in [0.5, 0.6) is 5.75 Å². The number of para-hydroxylation sites is 2. The molecule has 0 spiro atoms. The Balaban J connectivity index is 2.06. The van der Waals surface area contributed by atoms with Gasteiger partial charge in [-0.25, -0.2) is 0 Å². The molecule has 0 fully saturated rings. The fourth-order valence-electron chi connectivity index (χ4n) is 2.60. The van der Waals surface area contributed by atoms with Crippen molar-refractivity contribution in [2.24, 2.45) is 0 Å². The normalized spacial score (nSPS) is 10.5. The average molecular weight is 368 g/mol. The first-order chi connectivity index (χ1) is 13.0. The highest BCUT2D eigenvalue weighted by Gasteiger charge is 2.13. The number of ether oxygens (including phenoxy) is 1. The summed E-state index contributed by atoms with van der Waals surface area (Å²) in [4.78, 5) is 24.9. The van der Waals surface area contributed by atoms with Crippen molar-refractivity contribution in [3.63, 3.8) is 0 Å². The molecule has 2 aromatic carbocycles. The van der Waals surface area contributed by atoms with Gasteiger partial charge >= 0.3 is 0 Å². The number of unbranched alkanes of at least 4 members (excludes halogenated alkanes) is 2. The van der Waals surface area contributed by atoms with E-state index >= 15 is 0 Å². The van der Waals surface area contributed by atoms with Gasteiger partial charge in [-0.05, 0) is 50.6 Å². The van der Waals surface area contributed by atoms with Crippen LogP contribution in [-0.2, 0) is 0 Å². The molecule has 0 heterocycles. The Hall–Kier alpha value is -2.82. The zero-order valence-electron chi connectivity index (χ0n) is 16.2. The van der Waals surface area contributed by atoms with Gasteiger partial charge < -0.3 is 15.4 Å². The van der Waals surface area contributed by atoms with Crippen molar-refractivity contribution in [2.75, 3.05) is 11.9 Å². The summed E-state index contributed by atoms with van der Waals surface area (Å²) in [7, 11) is 0. The van der Waals surface area contributed by atoms with Crippen molar-refractivity contribution < 1.29 is 14.3 Å². The zero-order valence-corrected chi connectivity index (χ0v) is 16.2. The zero-order chi connectivity index (χ0) is 19.6. The number of nitrogens with one attached hydrogen (secondary N) is 2. The fraction of sp³-hybridized carbons (Fsp3) is 0.364. The highest BCUT2D eigenvalue weighted by molar-refractivity contribution is 6.06. The Labute approximate surface area is 161 Å². The number of amides is 2. The third kappa shape index (κ3) is 6.44. The summed E-state index contributed by atoms with van der Waals surface area (Å²) >= 11 is 0. The number of anilines is 1. The van der Waals surface area contributed by atoms with Gasteiger partial charge in [-0.1, -0.05) is 38.0 Å². The van der Waals surface area contributed by atoms with Crippen LogP contribution in [0.1, 0.15) is 60.7 Å². The molecular formula is C22H28N2O3. The third-order valence-corrected chi connectivity index (χ3v) is 3.95. The van der Waals surface area contributed by atoms with Crippen LogP contribution in [0.15, 0.2) is 48.5 Å². The molecule has 0 aliphatic carbocycles. The predicted molar refractivity (Wildman–Crippen MR) is 108 cm³/mol. The van der Waals surface area contributed by atoms with Crippen molar-refractivity contribution in [3.05, 3.63) is 59.7 Å². The molecule has 0 saturated carbocycles. The van der Waals surface area contributed by atoms with Gasteiger partial charge in [0.05, 0.1) is 11.8 Å². The summed E-state index contributed by atoms with van der Waals surface area (Å²) in [6, 6.07) is 14.0. The summed E-state index contributed by atoms with van der Waals surface area (Å²) in [6.07, 6.45) is 3.14. The summed E-state index contributed by atoms with van der Waals surface area (Å²) < 4.78 is 5.73. The van der Waals surface area contributed by atoms with Crippen LogP contribution in [-0.4, -0.2) is 24.5 Å². The van der Waals surface area contributed by atoms with E-state index in [0.717, 1.165) is 19.3 Å². The van der Waals surface area contributed by atoms with Crippen molar-refractivity contribution in [1.82, 2.24) is 5.32 Å². The predicted octanol–water partition coefficient (Wildman–Crippen LogP) is 4.65. The van der Waals surface area contributed by atoms with Crippen LogP contribution < -0.4 is 15.4 Å². The number of hydrogen-bond acceptors (Lipinski definition) is 3. The van der Waals surface area contributed by atoms with Gasteiger partial charge in [0.2, 0.25) is 0 Å². The first-order valence-corrected chi connectivity index (χ1v) is 9.46. The topological polar surface area (TPSA) is 67.4 Å². The Morgan fingerprint density at radius 2 is 1.67 bits per heavy atom. The minimum Gasteiger partial charge on any atom is -0.489 e. The van der Waals surface area contributed by atoms with Crippen LogP contribution in [0.4, 0.5) is 5.69 Å². The van der Waals surface area contributed by atoms with Gasteiger partial charge in [0.1, 0.15) is 5.75 Å². The number of carbonyl (C=O) groups is 2. The van der Waals surface area contributed by atoms with Gasteiger partial charge in [-0.15, -0.1) is 0 Å². The van der Waals surface area contributed by atoms with Gasteiger partial charge in [-0.2, -0.15) is 0 Å². The van der Waals surface area contributed by atoms with Crippen LogP contribution in [0.3, 0.4) is 0 Å². The maximum atomic E-state index is 12.6. The lowest BCUT2D eigenvalue weighted by molar-refractivity contribution is 0.0953. The monoisotopic (exact) mass is 368 g/mol. The third-order valence-electron chi connectivity index (χ3n) is 3.95. The number of rotatable bonds is 9. The summed E-state index contributed by atoms with van der Waals surface area (Å²) in [5, 5.41) is 5.75. The quantitative estimate of drug-likeness (QED) is 0.633. The molecule has 0 unspecified atom stereocenters. The highest BCUT2D eigenvalue weighted by atomic mass is 16.5. The molecule has 0 aliphatic rings. The van der Waals surface area contributed by atoms with E-state index in [0.29, 0.717) is 29.1 Å². The van der Waals surface area contributed by atoms with Crippen molar-refractivity contribution >= 4 is 17.5 Å². The van der Waals surface area contributed by atoms with Gasteiger partial charge in [-0.3, -0.25) is 9.59 Å². The van der Waals surface area contributed by atoms with Crippen molar-refractivity contribution in [1.29, 1.82) is 0 Å². The van der Waals surface area contributed by atoms with Crippen LogP contribution >= 0.6 is 0 Å². The Bertz CT molecular complexity index is 772. The van der Waals surface area contributed by atoms with E-state index in [9.17, 15) is 9.59 Å². The van der Waals surface area contributed by atoms with E-state index in [1.807, 2.05) is 32.0 Å². The van der Waals surface area contributed by atoms with E-state index in [2.05, 4.69) is 17.6 Å². The number of benzene rings is 2. The first-order valence-electron chi connectivity index (χ1n) is 9.46. The van der Waals surface area contributed by atoms with E-state index in [1.54, 1.807) is 30.3 Å². The minimum absolute atomic E-state index is 0.00258. The molecule has 0 bridgehead atoms. The smallest absolute Gasteiger partial charge is 0.255 e. The van der Waals surface area contributed by atoms with Crippen molar-refractivity contribution in [3.8, 4) is 5.75 Å². The molecule has 0 saturated heterocycles. The average Bonchev–Trinajstić information content (AvgIpc) is 2.66. The maximum absolute atomic E-state index is 12.6. The lowest BCUT2D eigenvalue weighted by atomic mass is 10.1. The van der Waals surface area contributed by atoms with E-state index < -0.39 is 0 Å². The second kappa shape index (κ2) is 10.4. The van der Waals surface area contributed by atoms with E-state index in [1.165, 1.54) is 0 Å². The molecule has 2 N–H and O–H groups in total. The van der Waals surface area contributed by atoms with Crippen LogP contribution in [0.2, 0.25) is 0 Å². The molecule has 144 valence electrons. The fourth-order valence-corrected chi connectivity index (χ4v) is 2.60. The highest BCUT2D eigenvalue weighted by Crippen LogP contribution is 2.25. The minimum atomic E-state index is -0.282. The van der Waals surface area contributed by atoms with Crippen LogP contribution in [0.25, 0.3) is 0 Å². The van der Waals surface area contributed by atoms with E-state index in [-0.39, 0.29) is 17.9 Å².